The van der Waals surface area contributed by atoms with E-state index in [0.717, 1.165) is 43.7 Å². The molecule has 3 heterocycles. The molecule has 1 aliphatic heterocycles. The molecule has 0 atom stereocenters. The van der Waals surface area contributed by atoms with Crippen LogP contribution in [0.25, 0.3) is 11.0 Å². The lowest BCUT2D eigenvalue weighted by atomic mass is 10.0. The smallest absolute Gasteiger partial charge is 0.276 e. The second kappa shape index (κ2) is 7.74. The lowest BCUT2D eigenvalue weighted by Crippen LogP contribution is -2.34. The fourth-order valence-electron chi connectivity index (χ4n) is 3.79. The van der Waals surface area contributed by atoms with Crippen molar-refractivity contribution in [3.05, 3.63) is 57.7 Å². The summed E-state index contributed by atoms with van der Waals surface area (Å²) in [6.07, 6.45) is 5.55. The van der Waals surface area contributed by atoms with Crippen LogP contribution in [-0.4, -0.2) is 39.1 Å². The standard InChI is InChI=1S/C20H23ClN4O2/c1-2-27-18-11-14(3-4-16(18)21)12-24-9-6-15(7-10-24)25-13-23-19-17(25)5-8-22-20(19)26/h3-5,8,11,13,15H,2,6-7,9-10,12H2,1H3,(H,22,26). The molecule has 1 saturated heterocycles. The van der Waals surface area contributed by atoms with Gasteiger partial charge in [0.2, 0.25) is 0 Å². The van der Waals surface area contributed by atoms with Gasteiger partial charge in [-0.25, -0.2) is 4.98 Å². The van der Waals surface area contributed by atoms with Crippen LogP contribution in [0.5, 0.6) is 5.75 Å². The van der Waals surface area contributed by atoms with Gasteiger partial charge in [0.1, 0.15) is 5.75 Å². The van der Waals surface area contributed by atoms with Gasteiger partial charge in [-0.05, 0) is 43.5 Å². The number of nitrogens with zero attached hydrogens (tertiary/aromatic N) is 3. The molecule has 0 radical (unpaired) electrons. The highest BCUT2D eigenvalue weighted by molar-refractivity contribution is 6.32. The maximum Gasteiger partial charge on any atom is 0.276 e. The van der Waals surface area contributed by atoms with E-state index >= 15 is 0 Å². The summed E-state index contributed by atoms with van der Waals surface area (Å²) in [6.45, 7) is 5.45. The number of benzene rings is 1. The van der Waals surface area contributed by atoms with Gasteiger partial charge in [-0.3, -0.25) is 9.69 Å². The highest BCUT2D eigenvalue weighted by Gasteiger charge is 2.22. The summed E-state index contributed by atoms with van der Waals surface area (Å²) < 4.78 is 7.74. The van der Waals surface area contributed by atoms with Gasteiger partial charge in [0.15, 0.2) is 5.52 Å². The summed E-state index contributed by atoms with van der Waals surface area (Å²) in [5, 5.41) is 0.654. The second-order valence-electron chi connectivity index (χ2n) is 6.90. The quantitative estimate of drug-likeness (QED) is 0.727. The minimum absolute atomic E-state index is 0.128. The summed E-state index contributed by atoms with van der Waals surface area (Å²) >= 11 is 6.18. The Morgan fingerprint density at radius 3 is 2.89 bits per heavy atom. The Bertz CT molecular complexity index is 989. The molecule has 7 heteroatoms. The third-order valence-electron chi connectivity index (χ3n) is 5.15. The van der Waals surface area contributed by atoms with Crippen molar-refractivity contribution in [2.24, 2.45) is 0 Å². The van der Waals surface area contributed by atoms with Crippen molar-refractivity contribution < 1.29 is 4.74 Å². The van der Waals surface area contributed by atoms with Crippen molar-refractivity contribution in [3.8, 4) is 5.75 Å². The number of aromatic amines is 1. The Balaban J connectivity index is 1.42. The van der Waals surface area contributed by atoms with E-state index in [0.29, 0.717) is 23.2 Å². The van der Waals surface area contributed by atoms with E-state index in [9.17, 15) is 4.79 Å². The van der Waals surface area contributed by atoms with E-state index in [-0.39, 0.29) is 5.56 Å². The Morgan fingerprint density at radius 2 is 2.11 bits per heavy atom. The average molecular weight is 387 g/mol. The summed E-state index contributed by atoms with van der Waals surface area (Å²) in [7, 11) is 0. The molecule has 1 aliphatic rings. The molecule has 1 aromatic carbocycles. The Hall–Kier alpha value is -2.31. The van der Waals surface area contributed by atoms with Crippen LogP contribution in [0.15, 0.2) is 41.6 Å². The zero-order valence-corrected chi connectivity index (χ0v) is 16.1. The van der Waals surface area contributed by atoms with Crippen LogP contribution in [0.1, 0.15) is 31.4 Å². The maximum atomic E-state index is 11.9. The molecule has 142 valence electrons. The minimum Gasteiger partial charge on any atom is -0.492 e. The molecule has 0 amide bonds. The number of ether oxygens (including phenoxy) is 1. The van der Waals surface area contributed by atoms with Gasteiger partial charge in [0.05, 0.1) is 23.5 Å². The number of likely N-dealkylation sites (tertiary alicyclic amines) is 1. The van der Waals surface area contributed by atoms with Crippen molar-refractivity contribution in [1.82, 2.24) is 19.4 Å². The third-order valence-corrected chi connectivity index (χ3v) is 5.47. The summed E-state index contributed by atoms with van der Waals surface area (Å²) in [5.41, 5.74) is 2.51. The first-order chi connectivity index (χ1) is 13.2. The van der Waals surface area contributed by atoms with E-state index in [1.165, 1.54) is 5.56 Å². The van der Waals surface area contributed by atoms with Gasteiger partial charge in [-0.1, -0.05) is 17.7 Å². The molecule has 2 aromatic heterocycles. The van der Waals surface area contributed by atoms with Crippen LogP contribution < -0.4 is 10.3 Å². The van der Waals surface area contributed by atoms with Crippen LogP contribution >= 0.6 is 11.6 Å². The van der Waals surface area contributed by atoms with Gasteiger partial charge in [-0.15, -0.1) is 0 Å². The van der Waals surface area contributed by atoms with Crippen molar-refractivity contribution in [1.29, 1.82) is 0 Å². The van der Waals surface area contributed by atoms with Crippen molar-refractivity contribution in [2.45, 2.75) is 32.4 Å². The molecule has 27 heavy (non-hydrogen) atoms. The summed E-state index contributed by atoms with van der Waals surface area (Å²) in [6, 6.07) is 8.31. The Labute approximate surface area is 162 Å². The topological polar surface area (TPSA) is 63.1 Å². The van der Waals surface area contributed by atoms with E-state index < -0.39 is 0 Å². The van der Waals surface area contributed by atoms with Gasteiger partial charge in [0.25, 0.3) is 5.56 Å². The molecule has 0 unspecified atom stereocenters. The Morgan fingerprint density at radius 1 is 1.30 bits per heavy atom. The number of nitrogens with one attached hydrogen (secondary N) is 1. The normalized spacial score (nSPS) is 16.1. The monoisotopic (exact) mass is 386 g/mol. The molecule has 1 fully saturated rings. The second-order valence-corrected chi connectivity index (χ2v) is 7.30. The van der Waals surface area contributed by atoms with E-state index in [1.807, 2.05) is 25.1 Å². The van der Waals surface area contributed by atoms with E-state index in [2.05, 4.69) is 25.5 Å². The van der Waals surface area contributed by atoms with Gasteiger partial charge >= 0.3 is 0 Å². The van der Waals surface area contributed by atoms with Crippen LogP contribution in [0, 0.1) is 0 Å². The lowest BCUT2D eigenvalue weighted by Gasteiger charge is -2.33. The van der Waals surface area contributed by atoms with Crippen LogP contribution in [0.4, 0.5) is 0 Å². The number of rotatable bonds is 5. The first kappa shape index (κ1) is 18.1. The molecule has 0 aliphatic carbocycles. The number of H-pyrrole nitrogens is 1. The van der Waals surface area contributed by atoms with E-state index in [1.54, 1.807) is 12.5 Å². The van der Waals surface area contributed by atoms with Gasteiger partial charge < -0.3 is 14.3 Å². The minimum atomic E-state index is -0.128. The van der Waals surface area contributed by atoms with Crippen LogP contribution in [-0.2, 0) is 6.54 Å². The summed E-state index contributed by atoms with van der Waals surface area (Å²) in [5.74, 6) is 0.752. The van der Waals surface area contributed by atoms with Crippen LogP contribution in [0.2, 0.25) is 5.02 Å². The Kier molecular flexibility index (Phi) is 5.18. The van der Waals surface area contributed by atoms with Gasteiger partial charge in [-0.2, -0.15) is 0 Å². The molecule has 0 spiro atoms. The molecule has 4 rings (SSSR count). The molecular formula is C20H23ClN4O2. The lowest BCUT2D eigenvalue weighted by molar-refractivity contribution is 0.181. The number of aromatic nitrogens is 3. The molecule has 0 saturated carbocycles. The molecule has 6 nitrogen and oxygen atoms in total. The number of halogens is 1. The summed E-state index contributed by atoms with van der Waals surface area (Å²) in [4.78, 5) is 21.3. The highest BCUT2D eigenvalue weighted by atomic mass is 35.5. The van der Waals surface area contributed by atoms with Crippen molar-refractivity contribution in [2.75, 3.05) is 19.7 Å². The zero-order valence-electron chi connectivity index (χ0n) is 15.3. The number of fused-ring (bicyclic) bond motifs is 1. The fraction of sp³-hybridized carbons (Fsp3) is 0.400. The third kappa shape index (κ3) is 3.73. The number of piperidine rings is 1. The predicted octanol–water partition coefficient (Wildman–Crippen LogP) is 3.61. The first-order valence-electron chi connectivity index (χ1n) is 9.33. The fourth-order valence-corrected chi connectivity index (χ4v) is 3.96. The number of hydrogen-bond acceptors (Lipinski definition) is 4. The predicted molar refractivity (Wildman–Crippen MR) is 107 cm³/mol. The molecular weight excluding hydrogens is 364 g/mol. The highest BCUT2D eigenvalue weighted by Crippen LogP contribution is 2.29. The number of pyridine rings is 1. The van der Waals surface area contributed by atoms with Crippen molar-refractivity contribution >= 4 is 22.6 Å². The van der Waals surface area contributed by atoms with Gasteiger partial charge in [0, 0.05) is 31.9 Å². The zero-order chi connectivity index (χ0) is 18.8. The SMILES string of the molecule is CCOc1cc(CN2CCC(n3cnc4c(=O)[nH]ccc43)CC2)ccc1Cl. The van der Waals surface area contributed by atoms with E-state index in [4.69, 9.17) is 16.3 Å². The van der Waals surface area contributed by atoms with Crippen molar-refractivity contribution in [3.63, 3.8) is 0 Å². The molecule has 3 aromatic rings. The largest absolute Gasteiger partial charge is 0.492 e. The number of hydrogen-bond donors (Lipinski definition) is 1. The molecule has 0 bridgehead atoms. The number of imidazole rings is 1. The average Bonchev–Trinajstić information content (AvgIpc) is 3.11. The molecule has 1 N–H and O–H groups in total. The first-order valence-corrected chi connectivity index (χ1v) is 9.71. The maximum absolute atomic E-state index is 11.9. The van der Waals surface area contributed by atoms with Crippen LogP contribution in [0.3, 0.4) is 0 Å².